The predicted molar refractivity (Wildman–Crippen MR) is 43.1 cm³/mol. The molecule has 0 N–H and O–H groups in total. The molecule has 1 saturated carbocycles. The predicted octanol–water partition coefficient (Wildman–Crippen LogP) is 1.17. The Morgan fingerprint density at radius 2 is 2.36 bits per heavy atom. The topological polar surface area (TPSA) is 50.1 Å². The molecule has 3 nitrogen and oxygen atoms in total. The van der Waals surface area contributed by atoms with Crippen LogP contribution in [0.1, 0.15) is 0 Å². The molecule has 2 fully saturated rings. The Morgan fingerprint density at radius 3 is 2.64 bits per heavy atom. The van der Waals surface area contributed by atoms with Crippen molar-refractivity contribution >= 4 is 37.8 Å². The third-order valence-electron chi connectivity index (χ3n) is 2.28. The number of carbonyl (C=O) groups is 1. The number of nitrogens with zero attached hydrogens (tertiary/aromatic N) is 1. The summed E-state index contributed by atoms with van der Waals surface area (Å²) in [5.41, 5.74) is -0.965. The van der Waals surface area contributed by atoms with E-state index in [0.29, 0.717) is 6.61 Å². The van der Waals surface area contributed by atoms with Crippen LogP contribution in [0.4, 0.5) is 0 Å². The van der Waals surface area contributed by atoms with Crippen molar-refractivity contribution in [1.29, 1.82) is 5.26 Å². The molecule has 1 heterocycles. The molecule has 2 aliphatic rings. The molecule has 1 aliphatic carbocycles. The number of nitriles is 1. The Balaban J connectivity index is 2.46. The summed E-state index contributed by atoms with van der Waals surface area (Å²) < 4.78 is 4.19. The molecule has 1 aliphatic heterocycles. The van der Waals surface area contributed by atoms with E-state index < -0.39 is 14.6 Å². The Kier molecular flexibility index (Phi) is 1.24. The first kappa shape index (κ1) is 7.56. The Bertz CT molecular complexity index is 283. The SMILES string of the molecule is N#C[C@]12C(=O)OC[C@H]1C2(Br)Br. The van der Waals surface area contributed by atoms with Crippen molar-refractivity contribution in [1.82, 2.24) is 0 Å². The van der Waals surface area contributed by atoms with E-state index in [1.807, 2.05) is 6.07 Å². The van der Waals surface area contributed by atoms with Crippen LogP contribution in [0.15, 0.2) is 0 Å². The van der Waals surface area contributed by atoms with Gasteiger partial charge in [-0.05, 0) is 0 Å². The molecular weight excluding hydrogens is 278 g/mol. The van der Waals surface area contributed by atoms with Gasteiger partial charge in [0.25, 0.3) is 0 Å². The van der Waals surface area contributed by atoms with Crippen molar-refractivity contribution in [3.05, 3.63) is 0 Å². The molecule has 0 amide bonds. The fourth-order valence-corrected chi connectivity index (χ4v) is 3.23. The summed E-state index contributed by atoms with van der Waals surface area (Å²) in [5, 5.41) is 8.76. The van der Waals surface area contributed by atoms with Gasteiger partial charge in [0.2, 0.25) is 0 Å². The average Bonchev–Trinajstić information content (AvgIpc) is 2.28. The number of alkyl halides is 2. The van der Waals surface area contributed by atoms with Crippen molar-refractivity contribution in [2.75, 3.05) is 6.61 Å². The van der Waals surface area contributed by atoms with Crippen LogP contribution in [0.25, 0.3) is 0 Å². The van der Waals surface area contributed by atoms with Crippen molar-refractivity contribution in [3.8, 4) is 6.07 Å². The summed E-state index contributed by atoms with van der Waals surface area (Å²) in [6.45, 7) is 0.336. The van der Waals surface area contributed by atoms with Crippen LogP contribution < -0.4 is 0 Å². The van der Waals surface area contributed by atoms with Gasteiger partial charge in [-0.3, -0.25) is 4.79 Å². The number of esters is 1. The smallest absolute Gasteiger partial charge is 0.329 e. The maximum absolute atomic E-state index is 11.1. The van der Waals surface area contributed by atoms with Gasteiger partial charge in [-0.25, -0.2) is 0 Å². The first-order chi connectivity index (χ1) is 5.07. The van der Waals surface area contributed by atoms with E-state index in [2.05, 4.69) is 31.9 Å². The molecule has 58 valence electrons. The second kappa shape index (κ2) is 1.80. The highest BCUT2D eigenvalue weighted by Gasteiger charge is 2.84. The van der Waals surface area contributed by atoms with Crippen LogP contribution in [0.5, 0.6) is 0 Å². The van der Waals surface area contributed by atoms with Crippen LogP contribution in [0.2, 0.25) is 0 Å². The molecular formula is C6H3Br2NO2. The third-order valence-corrected chi connectivity index (χ3v) is 4.64. The highest BCUT2D eigenvalue weighted by molar-refractivity contribution is 9.25. The lowest BCUT2D eigenvalue weighted by Gasteiger charge is -2.06. The van der Waals surface area contributed by atoms with Crippen LogP contribution >= 0.6 is 31.9 Å². The van der Waals surface area contributed by atoms with E-state index in [4.69, 9.17) is 10.00 Å². The zero-order valence-electron chi connectivity index (χ0n) is 5.30. The van der Waals surface area contributed by atoms with Crippen molar-refractivity contribution in [2.45, 2.75) is 3.23 Å². The maximum Gasteiger partial charge on any atom is 0.329 e. The molecule has 0 aromatic rings. The van der Waals surface area contributed by atoms with Gasteiger partial charge < -0.3 is 4.74 Å². The molecule has 0 bridgehead atoms. The first-order valence-electron chi connectivity index (χ1n) is 3.03. The number of fused-ring (bicyclic) bond motifs is 1. The van der Waals surface area contributed by atoms with Gasteiger partial charge >= 0.3 is 5.97 Å². The molecule has 0 aromatic carbocycles. The van der Waals surface area contributed by atoms with Gasteiger partial charge in [-0.2, -0.15) is 5.26 Å². The van der Waals surface area contributed by atoms with Crippen LogP contribution in [-0.4, -0.2) is 15.8 Å². The molecule has 2 rings (SSSR count). The number of ether oxygens (including phenoxy) is 1. The largest absolute Gasteiger partial charge is 0.464 e. The number of hydrogen-bond acceptors (Lipinski definition) is 3. The molecule has 11 heavy (non-hydrogen) atoms. The van der Waals surface area contributed by atoms with E-state index in [1.165, 1.54) is 0 Å². The Hall–Kier alpha value is -0.0800. The molecule has 0 aromatic heterocycles. The van der Waals surface area contributed by atoms with Gasteiger partial charge in [0.1, 0.15) is 3.23 Å². The summed E-state index contributed by atoms with van der Waals surface area (Å²) in [5.74, 6) is -0.453. The number of rotatable bonds is 0. The standard InChI is InChI=1S/C6H3Br2NO2/c7-6(8)3-1-11-4(10)5(3,6)2-9/h3H,1H2/t3-,5-/m1/s1. The Morgan fingerprint density at radius 1 is 1.73 bits per heavy atom. The van der Waals surface area contributed by atoms with Crippen molar-refractivity contribution in [3.63, 3.8) is 0 Å². The fourth-order valence-electron chi connectivity index (χ4n) is 1.45. The van der Waals surface area contributed by atoms with Crippen LogP contribution in [-0.2, 0) is 9.53 Å². The van der Waals surface area contributed by atoms with Gasteiger partial charge in [0.05, 0.1) is 18.6 Å². The summed E-state index contributed by atoms with van der Waals surface area (Å²) in [7, 11) is 0. The summed E-state index contributed by atoms with van der Waals surface area (Å²) in [6, 6.07) is 1.99. The monoisotopic (exact) mass is 279 g/mol. The second-order valence-corrected chi connectivity index (χ2v) is 6.26. The molecule has 0 radical (unpaired) electrons. The van der Waals surface area contributed by atoms with Crippen LogP contribution in [0.3, 0.4) is 0 Å². The van der Waals surface area contributed by atoms with Gasteiger partial charge in [-0.15, -0.1) is 0 Å². The van der Waals surface area contributed by atoms with E-state index in [-0.39, 0.29) is 5.92 Å². The molecule has 2 atom stereocenters. The second-order valence-electron chi connectivity index (χ2n) is 2.69. The average molecular weight is 281 g/mol. The zero-order valence-corrected chi connectivity index (χ0v) is 8.48. The van der Waals surface area contributed by atoms with Gasteiger partial charge in [-0.1, -0.05) is 31.9 Å². The quantitative estimate of drug-likeness (QED) is 0.494. The minimum absolute atomic E-state index is 0.0347. The highest BCUT2D eigenvalue weighted by atomic mass is 79.9. The lowest BCUT2D eigenvalue weighted by molar-refractivity contribution is -0.142. The van der Waals surface area contributed by atoms with E-state index in [0.717, 1.165) is 0 Å². The summed E-state index contributed by atoms with van der Waals surface area (Å²) in [6.07, 6.45) is 0. The zero-order chi connectivity index (χ0) is 8.28. The lowest BCUT2D eigenvalue weighted by Crippen LogP contribution is -2.19. The van der Waals surface area contributed by atoms with E-state index in [9.17, 15) is 4.79 Å². The molecule has 0 spiro atoms. The Labute approximate surface area is 80.0 Å². The van der Waals surface area contributed by atoms with Gasteiger partial charge in [0.15, 0.2) is 5.41 Å². The number of hydrogen-bond donors (Lipinski definition) is 0. The van der Waals surface area contributed by atoms with Crippen molar-refractivity contribution < 1.29 is 9.53 Å². The van der Waals surface area contributed by atoms with E-state index >= 15 is 0 Å². The first-order valence-corrected chi connectivity index (χ1v) is 4.62. The summed E-state index contributed by atoms with van der Waals surface area (Å²) in [4.78, 5) is 11.1. The maximum atomic E-state index is 11.1. The minimum Gasteiger partial charge on any atom is -0.464 e. The molecule has 5 heteroatoms. The number of cyclic esters (lactones) is 1. The minimum atomic E-state index is -0.965. The molecule has 1 saturated heterocycles. The third kappa shape index (κ3) is 0.574. The van der Waals surface area contributed by atoms with Crippen molar-refractivity contribution in [2.24, 2.45) is 11.3 Å². The van der Waals surface area contributed by atoms with Gasteiger partial charge in [0, 0.05) is 0 Å². The lowest BCUT2D eigenvalue weighted by atomic mass is 10.1. The normalized spacial score (nSPS) is 44.1. The summed E-state index contributed by atoms with van der Waals surface area (Å²) >= 11 is 6.56. The van der Waals surface area contributed by atoms with E-state index in [1.54, 1.807) is 0 Å². The number of carbonyl (C=O) groups excluding carboxylic acids is 1. The molecule has 0 unspecified atom stereocenters. The number of halogens is 2. The highest BCUT2D eigenvalue weighted by Crippen LogP contribution is 2.74. The van der Waals surface area contributed by atoms with Crippen LogP contribution in [0, 0.1) is 22.7 Å². The fraction of sp³-hybridized carbons (Fsp3) is 0.667.